The third kappa shape index (κ3) is 3.33. The number of aromatic nitrogens is 2. The van der Waals surface area contributed by atoms with Gasteiger partial charge in [-0.1, -0.05) is 11.8 Å². The Hall–Kier alpha value is -2.33. The van der Waals surface area contributed by atoms with Crippen molar-refractivity contribution in [3.8, 4) is 6.07 Å². The van der Waals surface area contributed by atoms with Gasteiger partial charge in [0.05, 0.1) is 11.6 Å². The first-order chi connectivity index (χ1) is 9.08. The lowest BCUT2D eigenvalue weighted by Gasteiger charge is -2.04. The molecule has 7 heteroatoms. The van der Waals surface area contributed by atoms with Crippen LogP contribution in [-0.4, -0.2) is 9.97 Å². The Morgan fingerprint density at radius 2 is 1.89 bits per heavy atom. The van der Waals surface area contributed by atoms with Crippen molar-refractivity contribution in [3.05, 3.63) is 41.2 Å². The highest BCUT2D eigenvalue weighted by molar-refractivity contribution is 7.98. The Morgan fingerprint density at radius 3 is 2.53 bits per heavy atom. The number of thioether (sulfide) groups is 1. The molecule has 0 spiro atoms. The predicted octanol–water partition coefficient (Wildman–Crippen LogP) is 1.94. The third-order valence-corrected chi connectivity index (χ3v) is 3.19. The van der Waals surface area contributed by atoms with E-state index in [0.29, 0.717) is 22.0 Å². The van der Waals surface area contributed by atoms with Gasteiger partial charge in [0.25, 0.3) is 0 Å². The first-order valence-electron chi connectivity index (χ1n) is 5.30. The number of rotatable bonds is 3. The predicted molar refractivity (Wildman–Crippen MR) is 71.5 cm³/mol. The van der Waals surface area contributed by atoms with Gasteiger partial charge >= 0.3 is 0 Å². The van der Waals surface area contributed by atoms with Crippen LogP contribution in [0.5, 0.6) is 0 Å². The molecule has 0 aliphatic carbocycles. The Bertz CT molecular complexity index is 633. The van der Waals surface area contributed by atoms with Gasteiger partial charge in [0, 0.05) is 11.8 Å². The van der Waals surface area contributed by atoms with Gasteiger partial charge in [-0.25, -0.2) is 14.4 Å². The second-order valence-electron chi connectivity index (χ2n) is 3.70. The molecule has 0 aliphatic heterocycles. The van der Waals surface area contributed by atoms with Crippen LogP contribution in [0.25, 0.3) is 0 Å². The first kappa shape index (κ1) is 13.1. The molecule has 0 atom stereocenters. The largest absolute Gasteiger partial charge is 0.383 e. The van der Waals surface area contributed by atoms with Gasteiger partial charge in [0.2, 0.25) is 0 Å². The summed E-state index contributed by atoms with van der Waals surface area (Å²) >= 11 is 1.24. The van der Waals surface area contributed by atoms with E-state index >= 15 is 0 Å². The SMILES string of the molecule is N#Cc1ccc(F)cc1CSc1nc(N)cc(N)n1. The molecule has 0 fully saturated rings. The first-order valence-corrected chi connectivity index (χ1v) is 6.28. The highest BCUT2D eigenvalue weighted by Crippen LogP contribution is 2.23. The Balaban J connectivity index is 2.19. The molecule has 1 heterocycles. The Labute approximate surface area is 113 Å². The summed E-state index contributed by atoms with van der Waals surface area (Å²) in [5.41, 5.74) is 12.1. The fourth-order valence-electron chi connectivity index (χ4n) is 1.46. The van der Waals surface area contributed by atoms with Gasteiger partial charge in [-0.3, -0.25) is 0 Å². The number of hydrogen-bond donors (Lipinski definition) is 2. The number of benzene rings is 1. The zero-order valence-electron chi connectivity index (χ0n) is 9.80. The van der Waals surface area contributed by atoms with Crippen LogP contribution in [0.1, 0.15) is 11.1 Å². The Kier molecular flexibility index (Phi) is 3.82. The monoisotopic (exact) mass is 275 g/mol. The van der Waals surface area contributed by atoms with Crippen LogP contribution in [0.2, 0.25) is 0 Å². The van der Waals surface area contributed by atoms with Gasteiger partial charge in [-0.2, -0.15) is 5.26 Å². The molecule has 1 aromatic heterocycles. The molecule has 0 bridgehead atoms. The van der Waals surface area contributed by atoms with E-state index in [1.165, 1.54) is 36.0 Å². The summed E-state index contributed by atoms with van der Waals surface area (Å²) in [5.74, 6) is 0.524. The van der Waals surface area contributed by atoms with E-state index in [-0.39, 0.29) is 17.5 Å². The van der Waals surface area contributed by atoms with Crippen molar-refractivity contribution in [3.63, 3.8) is 0 Å². The molecule has 5 nitrogen and oxygen atoms in total. The molecular formula is C12H10FN5S. The quantitative estimate of drug-likeness (QED) is 0.655. The van der Waals surface area contributed by atoms with Gasteiger partial charge in [-0.05, 0) is 23.8 Å². The molecule has 96 valence electrons. The smallest absolute Gasteiger partial charge is 0.191 e. The number of hydrogen-bond acceptors (Lipinski definition) is 6. The lowest BCUT2D eigenvalue weighted by molar-refractivity contribution is 0.626. The zero-order valence-corrected chi connectivity index (χ0v) is 10.6. The van der Waals surface area contributed by atoms with Crippen molar-refractivity contribution < 1.29 is 4.39 Å². The molecule has 0 radical (unpaired) electrons. The minimum Gasteiger partial charge on any atom is -0.383 e. The van der Waals surface area contributed by atoms with Crippen molar-refractivity contribution in [1.29, 1.82) is 5.26 Å². The van der Waals surface area contributed by atoms with Crippen molar-refractivity contribution >= 4 is 23.4 Å². The molecule has 19 heavy (non-hydrogen) atoms. The number of anilines is 2. The Morgan fingerprint density at radius 1 is 1.21 bits per heavy atom. The fourth-order valence-corrected chi connectivity index (χ4v) is 2.32. The third-order valence-electron chi connectivity index (χ3n) is 2.29. The second kappa shape index (κ2) is 5.54. The molecule has 0 saturated heterocycles. The molecule has 4 N–H and O–H groups in total. The number of nitrogen functional groups attached to an aromatic ring is 2. The lowest BCUT2D eigenvalue weighted by Crippen LogP contribution is -1.99. The van der Waals surface area contributed by atoms with Crippen molar-refractivity contribution in [2.75, 3.05) is 11.5 Å². The van der Waals surface area contributed by atoms with E-state index in [1.807, 2.05) is 6.07 Å². The van der Waals surface area contributed by atoms with Gasteiger partial charge < -0.3 is 11.5 Å². The standard InChI is InChI=1S/C12H10FN5S/c13-9-2-1-7(5-14)8(3-9)6-19-12-17-10(15)4-11(16)18-12/h1-4H,6H2,(H4,15,16,17,18). The fraction of sp³-hybridized carbons (Fsp3) is 0.0833. The average molecular weight is 275 g/mol. The van der Waals surface area contributed by atoms with Crippen molar-refractivity contribution in [1.82, 2.24) is 9.97 Å². The molecular weight excluding hydrogens is 265 g/mol. The maximum absolute atomic E-state index is 13.1. The maximum Gasteiger partial charge on any atom is 0.191 e. The van der Waals surface area contributed by atoms with Crippen molar-refractivity contribution in [2.24, 2.45) is 0 Å². The van der Waals surface area contributed by atoms with Crippen LogP contribution in [0.4, 0.5) is 16.0 Å². The topological polar surface area (TPSA) is 102 Å². The van der Waals surface area contributed by atoms with Crippen LogP contribution in [0.15, 0.2) is 29.4 Å². The van der Waals surface area contributed by atoms with Crippen molar-refractivity contribution in [2.45, 2.75) is 10.9 Å². The van der Waals surface area contributed by atoms with Crippen LogP contribution < -0.4 is 11.5 Å². The maximum atomic E-state index is 13.1. The summed E-state index contributed by atoms with van der Waals surface area (Å²) in [6.07, 6.45) is 0. The van der Waals surface area contributed by atoms with E-state index in [2.05, 4.69) is 9.97 Å². The van der Waals surface area contributed by atoms with E-state index in [1.54, 1.807) is 0 Å². The number of nitriles is 1. The average Bonchev–Trinajstić information content (AvgIpc) is 2.35. The summed E-state index contributed by atoms with van der Waals surface area (Å²) in [7, 11) is 0. The van der Waals surface area contributed by atoms with Crippen LogP contribution in [0.3, 0.4) is 0 Å². The van der Waals surface area contributed by atoms with Gasteiger partial charge in [0.15, 0.2) is 5.16 Å². The minimum atomic E-state index is -0.386. The second-order valence-corrected chi connectivity index (χ2v) is 4.64. The number of halogens is 1. The number of nitrogens with two attached hydrogens (primary N) is 2. The molecule has 0 aliphatic rings. The van der Waals surface area contributed by atoms with E-state index in [0.717, 1.165) is 0 Å². The van der Waals surface area contributed by atoms with Crippen LogP contribution >= 0.6 is 11.8 Å². The molecule has 1 aromatic carbocycles. The minimum absolute atomic E-state index is 0.273. The summed E-state index contributed by atoms with van der Waals surface area (Å²) in [5, 5.41) is 9.34. The summed E-state index contributed by atoms with van der Waals surface area (Å²) in [6.45, 7) is 0. The van der Waals surface area contributed by atoms with E-state index in [9.17, 15) is 4.39 Å². The normalized spacial score (nSPS) is 10.1. The molecule has 0 amide bonds. The lowest BCUT2D eigenvalue weighted by atomic mass is 10.1. The summed E-state index contributed by atoms with van der Waals surface area (Å²) < 4.78 is 13.1. The molecule has 0 unspecified atom stereocenters. The molecule has 2 rings (SSSR count). The highest BCUT2D eigenvalue weighted by Gasteiger charge is 2.07. The molecule has 0 saturated carbocycles. The molecule has 2 aromatic rings. The van der Waals surface area contributed by atoms with Gasteiger partial charge in [-0.15, -0.1) is 0 Å². The van der Waals surface area contributed by atoms with E-state index < -0.39 is 0 Å². The summed E-state index contributed by atoms with van der Waals surface area (Å²) in [6, 6.07) is 7.48. The zero-order chi connectivity index (χ0) is 13.8. The van der Waals surface area contributed by atoms with Gasteiger partial charge in [0.1, 0.15) is 17.5 Å². The van der Waals surface area contributed by atoms with Crippen LogP contribution in [0, 0.1) is 17.1 Å². The summed E-state index contributed by atoms with van der Waals surface area (Å²) in [4.78, 5) is 8.00. The number of nitrogens with zero attached hydrogens (tertiary/aromatic N) is 3. The van der Waals surface area contributed by atoms with E-state index in [4.69, 9.17) is 16.7 Å². The van der Waals surface area contributed by atoms with Crippen LogP contribution in [-0.2, 0) is 5.75 Å². The highest BCUT2D eigenvalue weighted by atomic mass is 32.2.